The summed E-state index contributed by atoms with van der Waals surface area (Å²) in [6.45, 7) is 5.39. The normalized spacial score (nSPS) is 23.1. The molecule has 0 bridgehead atoms. The van der Waals surface area contributed by atoms with E-state index in [1.54, 1.807) is 0 Å². The molecule has 1 fully saturated rings. The SMILES string of the molecule is CC(=O)CCC(=O)[C@H](CCC(N)=O)NC(=O)[C@@H](CC(=O)C1[C@H]2CCC#CCC[C@@H]12)CC(C)C. The third kappa shape index (κ3) is 8.75. The van der Waals surface area contributed by atoms with Gasteiger partial charge in [-0.15, -0.1) is 11.8 Å². The molecule has 0 spiro atoms. The second-order valence-electron chi connectivity index (χ2n) is 10.0. The number of primary amides is 1. The van der Waals surface area contributed by atoms with Crippen LogP contribution < -0.4 is 11.1 Å². The van der Waals surface area contributed by atoms with Crippen LogP contribution in [0.2, 0.25) is 0 Å². The molecule has 0 aromatic rings. The van der Waals surface area contributed by atoms with Crippen LogP contribution in [0.15, 0.2) is 0 Å². The smallest absolute Gasteiger partial charge is 0.224 e. The summed E-state index contributed by atoms with van der Waals surface area (Å²) in [6, 6.07) is -0.887. The van der Waals surface area contributed by atoms with Gasteiger partial charge in [-0.1, -0.05) is 13.8 Å². The van der Waals surface area contributed by atoms with Crippen molar-refractivity contribution < 1.29 is 24.0 Å². The molecule has 0 heterocycles. The third-order valence-corrected chi connectivity index (χ3v) is 6.72. The molecule has 2 aliphatic rings. The fraction of sp³-hybridized carbons (Fsp3) is 0.731. The number of carbonyl (C=O) groups is 5. The maximum Gasteiger partial charge on any atom is 0.224 e. The van der Waals surface area contributed by atoms with Crippen LogP contribution in [0.1, 0.15) is 85.0 Å². The number of nitrogens with two attached hydrogens (primary N) is 1. The zero-order valence-corrected chi connectivity index (χ0v) is 20.2. The maximum absolute atomic E-state index is 13.2. The summed E-state index contributed by atoms with van der Waals surface area (Å²) >= 11 is 0. The Hall–Kier alpha value is -2.49. The number of ketones is 3. The number of hydrogen-bond donors (Lipinski definition) is 2. The monoisotopic (exact) mass is 458 g/mol. The minimum Gasteiger partial charge on any atom is -0.370 e. The van der Waals surface area contributed by atoms with E-state index in [2.05, 4.69) is 17.2 Å². The van der Waals surface area contributed by atoms with E-state index in [9.17, 15) is 24.0 Å². The molecule has 1 saturated carbocycles. The van der Waals surface area contributed by atoms with Gasteiger partial charge in [0.25, 0.3) is 0 Å². The first kappa shape index (κ1) is 26.8. The predicted octanol–water partition coefficient (Wildman–Crippen LogP) is 2.74. The molecule has 7 nitrogen and oxygen atoms in total. The number of carbonyl (C=O) groups excluding carboxylic acids is 5. The Morgan fingerprint density at radius 1 is 0.970 bits per heavy atom. The fourth-order valence-electron chi connectivity index (χ4n) is 4.96. The molecule has 182 valence electrons. The highest BCUT2D eigenvalue weighted by molar-refractivity contribution is 5.94. The molecule has 3 N–H and O–H groups in total. The number of fused-ring (bicyclic) bond motifs is 1. The number of amides is 2. The Balaban J connectivity index is 2.03. The Bertz CT molecular complexity index is 804. The van der Waals surface area contributed by atoms with Crippen LogP contribution in [-0.2, 0) is 24.0 Å². The molecule has 2 amide bonds. The largest absolute Gasteiger partial charge is 0.370 e. The second kappa shape index (κ2) is 12.7. The molecule has 0 aliphatic heterocycles. The van der Waals surface area contributed by atoms with Crippen LogP contribution >= 0.6 is 0 Å². The Morgan fingerprint density at radius 2 is 1.58 bits per heavy atom. The van der Waals surface area contributed by atoms with Crippen molar-refractivity contribution >= 4 is 29.2 Å². The van der Waals surface area contributed by atoms with Crippen molar-refractivity contribution in [2.24, 2.45) is 35.3 Å². The van der Waals surface area contributed by atoms with Crippen LogP contribution in [0.4, 0.5) is 0 Å². The van der Waals surface area contributed by atoms with Gasteiger partial charge in [0.05, 0.1) is 6.04 Å². The molecule has 0 radical (unpaired) electrons. The van der Waals surface area contributed by atoms with Crippen molar-refractivity contribution in [2.75, 3.05) is 0 Å². The van der Waals surface area contributed by atoms with Gasteiger partial charge in [-0.25, -0.2) is 0 Å². The van der Waals surface area contributed by atoms with E-state index in [1.807, 2.05) is 13.8 Å². The van der Waals surface area contributed by atoms with Crippen LogP contribution in [0, 0.1) is 41.4 Å². The first-order valence-corrected chi connectivity index (χ1v) is 12.2. The van der Waals surface area contributed by atoms with E-state index >= 15 is 0 Å². The summed E-state index contributed by atoms with van der Waals surface area (Å²) in [5.41, 5.74) is 5.23. The van der Waals surface area contributed by atoms with Gasteiger partial charge in [-0.2, -0.15) is 0 Å². The first-order valence-electron chi connectivity index (χ1n) is 12.2. The maximum atomic E-state index is 13.2. The molecule has 33 heavy (non-hydrogen) atoms. The second-order valence-corrected chi connectivity index (χ2v) is 10.0. The van der Waals surface area contributed by atoms with Crippen LogP contribution in [-0.4, -0.2) is 35.2 Å². The molecule has 0 aromatic carbocycles. The quantitative estimate of drug-likeness (QED) is 0.387. The summed E-state index contributed by atoms with van der Waals surface area (Å²) in [4.78, 5) is 61.4. The molecule has 2 rings (SSSR count). The summed E-state index contributed by atoms with van der Waals surface area (Å²) in [5, 5.41) is 2.77. The summed E-state index contributed by atoms with van der Waals surface area (Å²) in [6.07, 6.45) is 4.36. The summed E-state index contributed by atoms with van der Waals surface area (Å²) in [7, 11) is 0. The topological polar surface area (TPSA) is 123 Å². The van der Waals surface area contributed by atoms with Gasteiger partial charge in [-0.05, 0) is 50.4 Å². The third-order valence-electron chi connectivity index (χ3n) is 6.72. The first-order chi connectivity index (χ1) is 15.6. The van der Waals surface area contributed by atoms with Crippen LogP contribution in [0.5, 0.6) is 0 Å². The van der Waals surface area contributed by atoms with Crippen LogP contribution in [0.25, 0.3) is 0 Å². The lowest BCUT2D eigenvalue weighted by Gasteiger charge is -2.23. The van der Waals surface area contributed by atoms with Crippen molar-refractivity contribution in [2.45, 2.75) is 91.0 Å². The zero-order chi connectivity index (χ0) is 24.5. The molecule has 0 aromatic heterocycles. The lowest BCUT2D eigenvalue weighted by molar-refractivity contribution is -0.133. The van der Waals surface area contributed by atoms with Gasteiger partial charge < -0.3 is 15.8 Å². The summed E-state index contributed by atoms with van der Waals surface area (Å²) < 4.78 is 0. The van der Waals surface area contributed by atoms with E-state index < -0.39 is 17.9 Å². The standard InChI is InChI=1S/C26H38N2O5/c1-16(2)14-18(15-23(31)25-19-8-6-4-5-7-9-20(19)25)26(33)28-21(11-13-24(27)32)22(30)12-10-17(3)29/h16,18-21,25H,6-15H2,1-3H3,(H2,27,32)(H,28,33)/t18-,19-,20+,21+,25?/m1/s1. The number of hydrogen-bond acceptors (Lipinski definition) is 5. The van der Waals surface area contributed by atoms with Crippen molar-refractivity contribution in [3.8, 4) is 11.8 Å². The number of Topliss-reactive ketones (excluding diaryl/α,β-unsaturated/α-hetero) is 3. The highest BCUT2D eigenvalue weighted by Gasteiger charge is 2.53. The van der Waals surface area contributed by atoms with Gasteiger partial charge in [-0.3, -0.25) is 19.2 Å². The molecular weight excluding hydrogens is 420 g/mol. The van der Waals surface area contributed by atoms with E-state index in [0.29, 0.717) is 18.3 Å². The van der Waals surface area contributed by atoms with Gasteiger partial charge in [0.1, 0.15) is 11.6 Å². The number of nitrogens with one attached hydrogen (secondary N) is 1. The van der Waals surface area contributed by atoms with Gasteiger partial charge in [0.2, 0.25) is 11.8 Å². The lowest BCUT2D eigenvalue weighted by Crippen LogP contribution is -2.45. The molecule has 1 unspecified atom stereocenters. The molecule has 5 atom stereocenters. The zero-order valence-electron chi connectivity index (χ0n) is 20.2. The van der Waals surface area contributed by atoms with E-state index in [4.69, 9.17) is 5.73 Å². The summed E-state index contributed by atoms with van der Waals surface area (Å²) in [5.74, 6) is 5.55. The Labute approximate surface area is 197 Å². The average Bonchev–Trinajstić information content (AvgIpc) is 3.38. The van der Waals surface area contributed by atoms with Gasteiger partial charge in [0.15, 0.2) is 5.78 Å². The van der Waals surface area contributed by atoms with E-state index in [0.717, 1.165) is 25.7 Å². The molecule has 2 aliphatic carbocycles. The highest BCUT2D eigenvalue weighted by Crippen LogP contribution is 2.53. The fourth-order valence-corrected chi connectivity index (χ4v) is 4.96. The van der Waals surface area contributed by atoms with Crippen molar-refractivity contribution in [1.82, 2.24) is 5.32 Å². The molecular formula is C26H38N2O5. The number of rotatable bonds is 14. The van der Waals surface area contributed by atoms with Crippen molar-refractivity contribution in [3.63, 3.8) is 0 Å². The van der Waals surface area contributed by atoms with Crippen LogP contribution in [0.3, 0.4) is 0 Å². The van der Waals surface area contributed by atoms with E-state index in [1.165, 1.54) is 6.92 Å². The molecule has 7 heteroatoms. The van der Waals surface area contributed by atoms with Crippen molar-refractivity contribution in [1.29, 1.82) is 0 Å². The lowest BCUT2D eigenvalue weighted by atomic mass is 9.89. The van der Waals surface area contributed by atoms with Gasteiger partial charge >= 0.3 is 0 Å². The van der Waals surface area contributed by atoms with E-state index in [-0.39, 0.29) is 67.2 Å². The Morgan fingerprint density at radius 3 is 2.09 bits per heavy atom. The van der Waals surface area contributed by atoms with Crippen molar-refractivity contribution in [3.05, 3.63) is 0 Å². The molecule has 0 saturated heterocycles. The minimum absolute atomic E-state index is 0.000322. The van der Waals surface area contributed by atoms with Gasteiger partial charge in [0, 0.05) is 50.4 Å². The Kier molecular flexibility index (Phi) is 10.3. The average molecular weight is 459 g/mol. The minimum atomic E-state index is -0.887. The predicted molar refractivity (Wildman–Crippen MR) is 125 cm³/mol. The highest BCUT2D eigenvalue weighted by atomic mass is 16.2.